The summed E-state index contributed by atoms with van der Waals surface area (Å²) in [4.78, 5) is 12.4. The highest BCUT2D eigenvalue weighted by Gasteiger charge is 2.15. The minimum absolute atomic E-state index is 0.150. The average Bonchev–Trinajstić information content (AvgIpc) is 2.64. The summed E-state index contributed by atoms with van der Waals surface area (Å²) in [6.45, 7) is 6.06. The molecule has 1 amide bonds. The molecule has 1 N–H and O–H groups in total. The number of ether oxygens (including phenoxy) is 1. The minimum Gasteiger partial charge on any atom is -0.481 e. The first kappa shape index (κ1) is 18.3. The summed E-state index contributed by atoms with van der Waals surface area (Å²) in [5.41, 5.74) is 2.96. The third-order valence-electron chi connectivity index (χ3n) is 4.43. The Morgan fingerprint density at radius 3 is 2.46 bits per heavy atom. The Bertz CT molecular complexity index is 924. The zero-order chi connectivity index (χ0) is 18.7. The lowest BCUT2D eigenvalue weighted by molar-refractivity contribution is -0.127. The fourth-order valence-electron chi connectivity index (χ4n) is 3.00. The number of rotatable bonds is 5. The number of hydrogen-bond acceptors (Lipinski definition) is 2. The third kappa shape index (κ3) is 4.00. The van der Waals surface area contributed by atoms with E-state index < -0.39 is 6.10 Å². The molecule has 0 saturated heterocycles. The van der Waals surface area contributed by atoms with Crippen LogP contribution < -0.4 is 10.1 Å². The maximum atomic E-state index is 12.4. The molecular weight excluding hydrogens is 346 g/mol. The van der Waals surface area contributed by atoms with Gasteiger partial charge < -0.3 is 10.1 Å². The molecule has 26 heavy (non-hydrogen) atoms. The third-order valence-corrected chi connectivity index (χ3v) is 5.02. The van der Waals surface area contributed by atoms with Crippen molar-refractivity contribution in [3.63, 3.8) is 0 Å². The molecular formula is C22H22ClNO2. The number of carbonyl (C=O) groups is 1. The van der Waals surface area contributed by atoms with Crippen molar-refractivity contribution in [2.75, 3.05) is 0 Å². The molecule has 1 atom stereocenters. The number of nitrogens with one attached hydrogen (secondary N) is 1. The van der Waals surface area contributed by atoms with Crippen LogP contribution in [-0.2, 0) is 11.3 Å². The van der Waals surface area contributed by atoms with E-state index in [1.165, 1.54) is 0 Å². The monoisotopic (exact) mass is 367 g/mol. The SMILES string of the molecule is Cc1cc(O[C@H](C)C(=O)NCc2cccc3ccccc23)cc(C)c1Cl. The molecule has 134 valence electrons. The van der Waals surface area contributed by atoms with Crippen LogP contribution in [0.15, 0.2) is 54.6 Å². The van der Waals surface area contributed by atoms with Crippen molar-refractivity contribution < 1.29 is 9.53 Å². The molecule has 0 aromatic heterocycles. The highest BCUT2D eigenvalue weighted by Crippen LogP contribution is 2.26. The van der Waals surface area contributed by atoms with Crippen molar-refractivity contribution in [3.05, 3.63) is 76.3 Å². The van der Waals surface area contributed by atoms with Gasteiger partial charge >= 0.3 is 0 Å². The lowest BCUT2D eigenvalue weighted by atomic mass is 10.0. The number of amides is 1. The van der Waals surface area contributed by atoms with Crippen LogP contribution in [0.25, 0.3) is 10.8 Å². The molecule has 0 fully saturated rings. The Morgan fingerprint density at radius 2 is 1.73 bits per heavy atom. The van der Waals surface area contributed by atoms with Gasteiger partial charge in [-0.1, -0.05) is 54.1 Å². The highest BCUT2D eigenvalue weighted by atomic mass is 35.5. The Morgan fingerprint density at radius 1 is 1.08 bits per heavy atom. The summed E-state index contributed by atoms with van der Waals surface area (Å²) in [7, 11) is 0. The second-order valence-corrected chi connectivity index (χ2v) is 6.87. The first-order valence-corrected chi connectivity index (χ1v) is 9.01. The van der Waals surface area contributed by atoms with Gasteiger partial charge in [0.05, 0.1) is 0 Å². The summed E-state index contributed by atoms with van der Waals surface area (Å²) in [5, 5.41) is 6.00. The molecule has 0 aliphatic carbocycles. The first-order valence-electron chi connectivity index (χ1n) is 8.63. The van der Waals surface area contributed by atoms with Crippen LogP contribution in [0.1, 0.15) is 23.6 Å². The average molecular weight is 368 g/mol. The molecule has 0 radical (unpaired) electrons. The van der Waals surface area contributed by atoms with E-state index in [9.17, 15) is 4.79 Å². The molecule has 3 aromatic rings. The second-order valence-electron chi connectivity index (χ2n) is 6.49. The lowest BCUT2D eigenvalue weighted by Gasteiger charge is -2.16. The molecule has 0 bridgehead atoms. The van der Waals surface area contributed by atoms with Gasteiger partial charge in [-0.15, -0.1) is 0 Å². The van der Waals surface area contributed by atoms with Crippen molar-refractivity contribution in [3.8, 4) is 5.75 Å². The van der Waals surface area contributed by atoms with Gasteiger partial charge in [-0.05, 0) is 60.4 Å². The van der Waals surface area contributed by atoms with Crippen LogP contribution in [-0.4, -0.2) is 12.0 Å². The van der Waals surface area contributed by atoms with Gasteiger partial charge in [-0.25, -0.2) is 0 Å². The molecule has 0 unspecified atom stereocenters. The molecule has 0 saturated carbocycles. The molecule has 4 heteroatoms. The molecule has 3 rings (SSSR count). The number of carbonyl (C=O) groups excluding carboxylic acids is 1. The highest BCUT2D eigenvalue weighted by molar-refractivity contribution is 6.32. The second kappa shape index (κ2) is 7.79. The van der Waals surface area contributed by atoms with Gasteiger partial charge in [0.25, 0.3) is 5.91 Å². The van der Waals surface area contributed by atoms with E-state index in [0.717, 1.165) is 32.5 Å². The number of halogens is 1. The van der Waals surface area contributed by atoms with Crippen molar-refractivity contribution in [2.24, 2.45) is 0 Å². The maximum absolute atomic E-state index is 12.4. The van der Waals surface area contributed by atoms with Crippen molar-refractivity contribution >= 4 is 28.3 Å². The van der Waals surface area contributed by atoms with Crippen LogP contribution in [0.4, 0.5) is 0 Å². The predicted molar refractivity (Wildman–Crippen MR) is 107 cm³/mol. The van der Waals surface area contributed by atoms with Crippen LogP contribution in [0.3, 0.4) is 0 Å². The number of hydrogen-bond donors (Lipinski definition) is 1. The molecule has 0 aliphatic heterocycles. The topological polar surface area (TPSA) is 38.3 Å². The quantitative estimate of drug-likeness (QED) is 0.673. The molecule has 0 aliphatic rings. The van der Waals surface area contributed by atoms with Crippen molar-refractivity contribution in [2.45, 2.75) is 33.4 Å². The molecule has 0 heterocycles. The zero-order valence-corrected chi connectivity index (χ0v) is 15.9. The summed E-state index contributed by atoms with van der Waals surface area (Å²) in [5.74, 6) is 0.500. The van der Waals surface area contributed by atoms with Gasteiger partial charge in [-0.3, -0.25) is 4.79 Å². The van der Waals surface area contributed by atoms with E-state index in [0.29, 0.717) is 12.3 Å². The maximum Gasteiger partial charge on any atom is 0.261 e. The van der Waals surface area contributed by atoms with Gasteiger partial charge in [-0.2, -0.15) is 0 Å². The standard InChI is InChI=1S/C22H22ClNO2/c1-14-11-19(12-15(2)21(14)23)26-16(3)22(25)24-13-18-9-6-8-17-7-4-5-10-20(17)18/h4-12,16H,13H2,1-3H3,(H,24,25)/t16-/m1/s1. The summed E-state index contributed by atoms with van der Waals surface area (Å²) >= 11 is 6.18. The molecule has 3 aromatic carbocycles. The first-order chi connectivity index (χ1) is 12.5. The fraction of sp³-hybridized carbons (Fsp3) is 0.227. The van der Waals surface area contributed by atoms with E-state index >= 15 is 0 Å². The van der Waals surface area contributed by atoms with Gasteiger partial charge in [0.2, 0.25) is 0 Å². The normalized spacial score (nSPS) is 12.0. The van der Waals surface area contributed by atoms with Crippen molar-refractivity contribution in [1.82, 2.24) is 5.32 Å². The largest absolute Gasteiger partial charge is 0.481 e. The van der Waals surface area contributed by atoms with Crippen LogP contribution in [0.2, 0.25) is 5.02 Å². The Labute approximate surface area is 158 Å². The van der Waals surface area contributed by atoms with E-state index in [1.807, 2.05) is 50.2 Å². The smallest absolute Gasteiger partial charge is 0.261 e. The Hall–Kier alpha value is -2.52. The summed E-state index contributed by atoms with van der Waals surface area (Å²) in [6.07, 6.45) is -0.593. The fourth-order valence-corrected chi connectivity index (χ4v) is 3.11. The summed E-state index contributed by atoms with van der Waals surface area (Å²) in [6, 6.07) is 17.9. The van der Waals surface area contributed by atoms with Crippen LogP contribution in [0.5, 0.6) is 5.75 Å². The van der Waals surface area contributed by atoms with E-state index in [1.54, 1.807) is 6.92 Å². The van der Waals surface area contributed by atoms with Crippen LogP contribution in [0, 0.1) is 13.8 Å². The minimum atomic E-state index is -0.593. The number of benzene rings is 3. The van der Waals surface area contributed by atoms with Gasteiger partial charge in [0, 0.05) is 11.6 Å². The Kier molecular flexibility index (Phi) is 5.48. The molecule has 3 nitrogen and oxygen atoms in total. The molecule has 0 spiro atoms. The number of fused-ring (bicyclic) bond motifs is 1. The summed E-state index contributed by atoms with van der Waals surface area (Å²) < 4.78 is 5.80. The predicted octanol–water partition coefficient (Wildman–Crippen LogP) is 5.19. The number of aryl methyl sites for hydroxylation is 2. The van der Waals surface area contributed by atoms with E-state index in [-0.39, 0.29) is 5.91 Å². The Balaban J connectivity index is 1.66. The van der Waals surface area contributed by atoms with Gasteiger partial charge in [0.1, 0.15) is 5.75 Å². The lowest BCUT2D eigenvalue weighted by Crippen LogP contribution is -2.36. The van der Waals surface area contributed by atoms with E-state index in [4.69, 9.17) is 16.3 Å². The zero-order valence-electron chi connectivity index (χ0n) is 15.2. The van der Waals surface area contributed by atoms with Crippen LogP contribution >= 0.6 is 11.6 Å². The van der Waals surface area contributed by atoms with Crippen molar-refractivity contribution in [1.29, 1.82) is 0 Å². The van der Waals surface area contributed by atoms with Gasteiger partial charge in [0.15, 0.2) is 6.10 Å². The van der Waals surface area contributed by atoms with E-state index in [2.05, 4.69) is 23.5 Å².